The van der Waals surface area contributed by atoms with E-state index < -0.39 is 7.55 Å². The van der Waals surface area contributed by atoms with Crippen molar-refractivity contribution in [3.63, 3.8) is 0 Å². The van der Waals surface area contributed by atoms with Crippen LogP contribution in [0.3, 0.4) is 0 Å². The van der Waals surface area contributed by atoms with Crippen LogP contribution in [0.4, 0.5) is 0 Å². The number of hydrogen-bond donors (Lipinski definition) is 0. The lowest BCUT2D eigenvalue weighted by Gasteiger charge is -2.31. The Morgan fingerprint density at radius 2 is 1.60 bits per heavy atom. The minimum absolute atomic E-state index is 1.09. The summed E-state index contributed by atoms with van der Waals surface area (Å²) in [7, 11) is -1.50. The Kier molecular flexibility index (Phi) is 4.57. The zero-order chi connectivity index (χ0) is 8.20. The predicted molar refractivity (Wildman–Crippen MR) is 50.9 cm³/mol. The molecule has 0 aromatic rings. The second kappa shape index (κ2) is 4.37. The van der Waals surface area contributed by atoms with Crippen molar-refractivity contribution < 1.29 is 0 Å². The highest BCUT2D eigenvalue weighted by Crippen LogP contribution is 2.18. The van der Waals surface area contributed by atoms with Gasteiger partial charge >= 0.3 is 0 Å². The molecule has 0 bridgehead atoms. The minimum Gasteiger partial charge on any atom is -0.312 e. The summed E-state index contributed by atoms with van der Waals surface area (Å²) in [5, 5.41) is 0. The lowest BCUT2D eigenvalue weighted by molar-refractivity contribution is 0.475. The third kappa shape index (κ3) is 2.60. The first-order valence-corrected chi connectivity index (χ1v) is 7.69. The summed E-state index contributed by atoms with van der Waals surface area (Å²) in [6.45, 7) is 10.9. The molecule has 0 N–H and O–H groups in total. The molecule has 1 unspecified atom stereocenters. The normalized spacial score (nSPS) is 17.4. The Bertz CT molecular complexity index is 91.6. The summed E-state index contributed by atoms with van der Waals surface area (Å²) in [5.74, 6) is 0. The standard InChI is InChI=1S/C7H18ClNSi/c1-5-9(6-2)10(4,8)7-3/h5-7H2,1-4H3. The smallest absolute Gasteiger partial charge is 0.225 e. The molecule has 0 aromatic carbocycles. The Labute approximate surface area is 70.2 Å². The van der Waals surface area contributed by atoms with Gasteiger partial charge in [-0.2, -0.15) is 0 Å². The molecule has 10 heavy (non-hydrogen) atoms. The van der Waals surface area contributed by atoms with Crippen molar-refractivity contribution in [1.29, 1.82) is 0 Å². The zero-order valence-electron chi connectivity index (χ0n) is 7.45. The largest absolute Gasteiger partial charge is 0.312 e. The molecule has 0 aliphatic carbocycles. The number of nitrogens with zero attached hydrogens (tertiary/aromatic N) is 1. The van der Waals surface area contributed by atoms with E-state index in [2.05, 4.69) is 31.9 Å². The Balaban J connectivity index is 3.97. The fourth-order valence-corrected chi connectivity index (χ4v) is 3.59. The lowest BCUT2D eigenvalue weighted by atomic mass is 10.7. The van der Waals surface area contributed by atoms with Gasteiger partial charge < -0.3 is 4.57 Å². The van der Waals surface area contributed by atoms with Crippen LogP contribution in [0.15, 0.2) is 0 Å². The van der Waals surface area contributed by atoms with Crippen molar-refractivity contribution in [2.45, 2.75) is 33.4 Å². The lowest BCUT2D eigenvalue weighted by Crippen LogP contribution is -2.45. The average molecular weight is 180 g/mol. The third-order valence-electron chi connectivity index (χ3n) is 2.07. The van der Waals surface area contributed by atoms with E-state index in [9.17, 15) is 0 Å². The molecule has 0 spiro atoms. The van der Waals surface area contributed by atoms with Crippen LogP contribution in [0.1, 0.15) is 20.8 Å². The zero-order valence-corrected chi connectivity index (χ0v) is 9.20. The van der Waals surface area contributed by atoms with Gasteiger partial charge in [-0.15, -0.1) is 11.1 Å². The highest BCUT2D eigenvalue weighted by Gasteiger charge is 2.27. The molecule has 0 radical (unpaired) electrons. The summed E-state index contributed by atoms with van der Waals surface area (Å²) in [4.78, 5) is 0. The molecule has 0 rings (SSSR count). The van der Waals surface area contributed by atoms with E-state index in [1.54, 1.807) is 0 Å². The highest BCUT2D eigenvalue weighted by molar-refractivity contribution is 7.18. The quantitative estimate of drug-likeness (QED) is 0.474. The fourth-order valence-electron chi connectivity index (χ4n) is 1.11. The summed E-state index contributed by atoms with van der Waals surface area (Å²) in [5.41, 5.74) is 0. The van der Waals surface area contributed by atoms with Crippen LogP contribution in [0, 0.1) is 0 Å². The first-order valence-electron chi connectivity index (χ1n) is 4.02. The fraction of sp³-hybridized carbons (Fsp3) is 1.00. The predicted octanol–water partition coefficient (Wildman–Crippen LogP) is 2.66. The molecule has 1 nitrogen and oxygen atoms in total. The maximum Gasteiger partial charge on any atom is 0.225 e. The molecule has 0 saturated carbocycles. The van der Waals surface area contributed by atoms with E-state index >= 15 is 0 Å². The molecular weight excluding hydrogens is 162 g/mol. The second-order valence-corrected chi connectivity index (χ2v) is 8.74. The second-order valence-electron chi connectivity index (χ2n) is 2.67. The molecule has 0 heterocycles. The molecule has 0 aliphatic heterocycles. The van der Waals surface area contributed by atoms with Gasteiger partial charge in [-0.1, -0.05) is 20.8 Å². The Morgan fingerprint density at radius 1 is 1.20 bits per heavy atom. The van der Waals surface area contributed by atoms with Crippen LogP contribution in [0.2, 0.25) is 12.6 Å². The van der Waals surface area contributed by atoms with Gasteiger partial charge in [0.15, 0.2) is 0 Å². The monoisotopic (exact) mass is 179 g/mol. The maximum absolute atomic E-state index is 6.35. The van der Waals surface area contributed by atoms with Gasteiger partial charge in [-0.3, -0.25) is 0 Å². The van der Waals surface area contributed by atoms with Crippen LogP contribution < -0.4 is 0 Å². The van der Waals surface area contributed by atoms with E-state index in [4.69, 9.17) is 11.1 Å². The Hall–Kier alpha value is 0.467. The maximum atomic E-state index is 6.35. The van der Waals surface area contributed by atoms with Crippen molar-refractivity contribution in [2.24, 2.45) is 0 Å². The van der Waals surface area contributed by atoms with E-state index in [0.717, 1.165) is 19.1 Å². The Morgan fingerprint density at radius 3 is 1.70 bits per heavy atom. The van der Waals surface area contributed by atoms with Crippen LogP contribution in [-0.2, 0) is 0 Å². The van der Waals surface area contributed by atoms with Crippen molar-refractivity contribution in [1.82, 2.24) is 4.57 Å². The summed E-state index contributed by atoms with van der Waals surface area (Å²) >= 11 is 6.35. The van der Waals surface area contributed by atoms with E-state index in [1.807, 2.05) is 0 Å². The molecule has 0 fully saturated rings. The molecular formula is C7H18ClNSi. The van der Waals surface area contributed by atoms with Crippen LogP contribution in [-0.4, -0.2) is 25.2 Å². The molecule has 3 heteroatoms. The number of halogens is 1. The van der Waals surface area contributed by atoms with Crippen LogP contribution in [0.25, 0.3) is 0 Å². The first kappa shape index (κ1) is 10.5. The van der Waals surface area contributed by atoms with Gasteiger partial charge in [0, 0.05) is 0 Å². The molecule has 0 amide bonds. The van der Waals surface area contributed by atoms with Gasteiger partial charge in [-0.05, 0) is 25.7 Å². The summed E-state index contributed by atoms with van der Waals surface area (Å²) in [6, 6.07) is 1.14. The van der Waals surface area contributed by atoms with E-state index in [-0.39, 0.29) is 0 Å². The molecule has 1 atom stereocenters. The molecule has 0 aliphatic rings. The van der Waals surface area contributed by atoms with Gasteiger partial charge in [0.25, 0.3) is 0 Å². The van der Waals surface area contributed by atoms with Gasteiger partial charge in [0.1, 0.15) is 0 Å². The van der Waals surface area contributed by atoms with Gasteiger partial charge in [-0.25, -0.2) is 0 Å². The van der Waals surface area contributed by atoms with Gasteiger partial charge in [0.2, 0.25) is 7.55 Å². The minimum atomic E-state index is -1.50. The van der Waals surface area contributed by atoms with Gasteiger partial charge in [0.05, 0.1) is 0 Å². The van der Waals surface area contributed by atoms with Crippen molar-refractivity contribution in [3.05, 3.63) is 0 Å². The van der Waals surface area contributed by atoms with Crippen molar-refractivity contribution >= 4 is 18.6 Å². The highest BCUT2D eigenvalue weighted by atomic mass is 35.6. The topological polar surface area (TPSA) is 3.24 Å². The van der Waals surface area contributed by atoms with E-state index in [1.165, 1.54) is 0 Å². The SMILES string of the molecule is CCN(CC)[Si](C)(Cl)CC. The van der Waals surface area contributed by atoms with Crippen LogP contribution in [0.5, 0.6) is 0 Å². The third-order valence-corrected chi connectivity index (χ3v) is 6.83. The number of hydrogen-bond acceptors (Lipinski definition) is 1. The summed E-state index contributed by atoms with van der Waals surface area (Å²) < 4.78 is 2.40. The van der Waals surface area contributed by atoms with E-state index in [0.29, 0.717) is 0 Å². The molecule has 0 aromatic heterocycles. The van der Waals surface area contributed by atoms with Crippen molar-refractivity contribution in [2.75, 3.05) is 13.1 Å². The molecule has 0 saturated heterocycles. The molecule has 62 valence electrons. The average Bonchev–Trinajstić information content (AvgIpc) is 1.90. The van der Waals surface area contributed by atoms with Crippen molar-refractivity contribution in [3.8, 4) is 0 Å². The number of rotatable bonds is 4. The van der Waals surface area contributed by atoms with Crippen LogP contribution >= 0.6 is 11.1 Å². The first-order chi connectivity index (χ1) is 4.58. The summed E-state index contributed by atoms with van der Waals surface area (Å²) in [6.07, 6.45) is 0.